The van der Waals surface area contributed by atoms with Crippen LogP contribution in [0.5, 0.6) is 0 Å². The molecule has 1 saturated heterocycles. The lowest BCUT2D eigenvalue weighted by Gasteiger charge is -2.26. The Morgan fingerprint density at radius 1 is 1.40 bits per heavy atom. The predicted molar refractivity (Wildman–Crippen MR) is 107 cm³/mol. The van der Waals surface area contributed by atoms with Crippen LogP contribution in [0.15, 0.2) is 12.5 Å². The Morgan fingerprint density at radius 2 is 2.13 bits per heavy atom. The first-order valence-electron chi connectivity index (χ1n) is 9.50. The molecule has 2 rings (SSSR count). The van der Waals surface area contributed by atoms with Crippen molar-refractivity contribution in [2.75, 3.05) is 12.4 Å². The topological polar surface area (TPSA) is 137 Å². The molecule has 1 aliphatic heterocycles. The fraction of sp³-hybridized carbons (Fsp3) is 0.632. The molecule has 0 bridgehead atoms. The van der Waals surface area contributed by atoms with E-state index in [1.807, 2.05) is 0 Å². The minimum absolute atomic E-state index is 0.000348. The zero-order valence-corrected chi connectivity index (χ0v) is 18.2. The van der Waals surface area contributed by atoms with Crippen molar-refractivity contribution in [3.8, 4) is 0 Å². The number of hydrogen-bond donors (Lipinski definition) is 2. The molecule has 166 valence electrons. The Kier molecular flexibility index (Phi) is 8.27. The number of imidazole rings is 1. The largest absolute Gasteiger partial charge is 0.461 e. The molecule has 1 aromatic rings. The summed E-state index contributed by atoms with van der Waals surface area (Å²) in [4.78, 5) is 55.8. The molecule has 0 radical (unpaired) electrons. The summed E-state index contributed by atoms with van der Waals surface area (Å²) in [5.74, 6) is -2.11. The maximum atomic E-state index is 12.6. The molecule has 1 aromatic heterocycles. The van der Waals surface area contributed by atoms with Gasteiger partial charge in [0, 0.05) is 17.6 Å². The number of carbonyl (C=O) groups excluding carboxylic acids is 4. The Bertz CT molecular complexity index is 761. The van der Waals surface area contributed by atoms with Gasteiger partial charge in [0.15, 0.2) is 0 Å². The quantitative estimate of drug-likeness (QED) is 0.464. The van der Waals surface area contributed by atoms with Gasteiger partial charge in [-0.25, -0.2) is 9.78 Å². The van der Waals surface area contributed by atoms with E-state index in [0.29, 0.717) is 5.69 Å². The normalized spacial score (nSPS) is 20.9. The zero-order chi connectivity index (χ0) is 22.3. The molecule has 30 heavy (non-hydrogen) atoms. The summed E-state index contributed by atoms with van der Waals surface area (Å²) in [5, 5.41) is 1.78. The number of cyclic esters (lactones) is 2. The van der Waals surface area contributed by atoms with Gasteiger partial charge in [0.1, 0.15) is 29.6 Å². The number of carbonyl (C=O) groups is 4. The third-order valence-electron chi connectivity index (χ3n) is 3.80. The van der Waals surface area contributed by atoms with Gasteiger partial charge in [0.25, 0.3) is 0 Å². The van der Waals surface area contributed by atoms with E-state index in [-0.39, 0.29) is 25.2 Å². The Morgan fingerprint density at radius 3 is 2.77 bits per heavy atom. The van der Waals surface area contributed by atoms with E-state index in [4.69, 9.17) is 14.2 Å². The smallest absolute Gasteiger partial charge is 0.330 e. The highest BCUT2D eigenvalue weighted by Gasteiger charge is 2.33. The van der Waals surface area contributed by atoms with Gasteiger partial charge >= 0.3 is 17.9 Å². The maximum absolute atomic E-state index is 12.6. The molecule has 1 amide bonds. The van der Waals surface area contributed by atoms with Gasteiger partial charge in [-0.05, 0) is 27.7 Å². The summed E-state index contributed by atoms with van der Waals surface area (Å²) in [6, 6.07) is -1.02. The van der Waals surface area contributed by atoms with Crippen LogP contribution < -0.4 is 5.32 Å². The number of rotatable bonds is 7. The SMILES string of the molecule is CC1COC(=O)C(SCC(NC(=O)Cc2cnc[nH]2)C(=O)OC(C)(C)C)CC(=O)O1. The molecular weight excluding hydrogens is 414 g/mol. The first-order chi connectivity index (χ1) is 14.0. The predicted octanol–water partition coefficient (Wildman–Crippen LogP) is 0.759. The minimum Gasteiger partial charge on any atom is -0.461 e. The number of H-pyrrole nitrogens is 1. The minimum atomic E-state index is -1.02. The highest BCUT2D eigenvalue weighted by molar-refractivity contribution is 8.00. The first-order valence-corrected chi connectivity index (χ1v) is 10.6. The van der Waals surface area contributed by atoms with E-state index < -0.39 is 46.8 Å². The summed E-state index contributed by atoms with van der Waals surface area (Å²) in [6.07, 6.45) is 2.26. The summed E-state index contributed by atoms with van der Waals surface area (Å²) >= 11 is 1.03. The molecule has 2 N–H and O–H groups in total. The number of thioether (sulfide) groups is 1. The third-order valence-corrected chi connectivity index (χ3v) is 5.09. The number of esters is 3. The summed E-state index contributed by atoms with van der Waals surface area (Å²) in [5.41, 5.74) is -0.170. The summed E-state index contributed by atoms with van der Waals surface area (Å²) in [7, 11) is 0. The average molecular weight is 442 g/mol. The number of nitrogens with one attached hydrogen (secondary N) is 2. The highest BCUT2D eigenvalue weighted by atomic mass is 32.2. The van der Waals surface area contributed by atoms with E-state index >= 15 is 0 Å². The van der Waals surface area contributed by atoms with E-state index in [1.165, 1.54) is 12.5 Å². The molecule has 0 saturated carbocycles. The van der Waals surface area contributed by atoms with Crippen LogP contribution in [-0.2, 0) is 39.8 Å². The van der Waals surface area contributed by atoms with E-state index in [2.05, 4.69) is 15.3 Å². The van der Waals surface area contributed by atoms with Crippen LogP contribution in [0.25, 0.3) is 0 Å². The third kappa shape index (κ3) is 8.05. The second-order valence-corrected chi connectivity index (χ2v) is 9.10. The monoisotopic (exact) mass is 441 g/mol. The van der Waals surface area contributed by atoms with Crippen molar-refractivity contribution >= 4 is 35.6 Å². The Labute approximate surface area is 178 Å². The molecule has 11 heteroatoms. The lowest BCUT2D eigenvalue weighted by molar-refractivity contribution is -0.163. The van der Waals surface area contributed by atoms with Crippen molar-refractivity contribution in [2.45, 2.75) is 63.5 Å². The molecule has 3 unspecified atom stereocenters. The maximum Gasteiger partial charge on any atom is 0.330 e. The number of nitrogens with zero attached hydrogens (tertiary/aromatic N) is 1. The van der Waals surface area contributed by atoms with Crippen LogP contribution in [0.2, 0.25) is 0 Å². The van der Waals surface area contributed by atoms with Gasteiger partial charge in [0.2, 0.25) is 5.91 Å². The van der Waals surface area contributed by atoms with Crippen LogP contribution >= 0.6 is 11.8 Å². The van der Waals surface area contributed by atoms with Crippen molar-refractivity contribution in [3.63, 3.8) is 0 Å². The molecule has 10 nitrogen and oxygen atoms in total. The van der Waals surface area contributed by atoms with Crippen LogP contribution in [-0.4, -0.2) is 69.1 Å². The zero-order valence-electron chi connectivity index (χ0n) is 17.4. The van der Waals surface area contributed by atoms with Crippen molar-refractivity contribution in [2.24, 2.45) is 0 Å². The summed E-state index contributed by atoms with van der Waals surface area (Å²) < 4.78 is 15.6. The first kappa shape index (κ1) is 23.7. The molecule has 0 aromatic carbocycles. The number of hydrogen-bond acceptors (Lipinski definition) is 9. The highest BCUT2D eigenvalue weighted by Crippen LogP contribution is 2.22. The van der Waals surface area contributed by atoms with Crippen LogP contribution in [0.3, 0.4) is 0 Å². The van der Waals surface area contributed by atoms with Crippen molar-refractivity contribution in [3.05, 3.63) is 18.2 Å². The molecule has 1 aliphatic rings. The van der Waals surface area contributed by atoms with Gasteiger partial charge in [-0.2, -0.15) is 0 Å². The molecule has 2 heterocycles. The second kappa shape index (κ2) is 10.5. The second-order valence-electron chi connectivity index (χ2n) is 7.86. The molecule has 1 fully saturated rings. The van der Waals surface area contributed by atoms with E-state index in [0.717, 1.165) is 11.8 Å². The number of ether oxygens (including phenoxy) is 3. The van der Waals surface area contributed by atoms with Gasteiger partial charge in [-0.15, -0.1) is 11.8 Å². The van der Waals surface area contributed by atoms with E-state index in [1.54, 1.807) is 27.7 Å². The fourth-order valence-corrected chi connectivity index (χ4v) is 3.62. The molecule has 0 aliphatic carbocycles. The average Bonchev–Trinajstić information content (AvgIpc) is 3.12. The van der Waals surface area contributed by atoms with Crippen LogP contribution in [0.4, 0.5) is 0 Å². The summed E-state index contributed by atoms with van der Waals surface area (Å²) in [6.45, 7) is 6.74. The molecule has 0 spiro atoms. The van der Waals surface area contributed by atoms with Gasteiger partial charge in [0.05, 0.1) is 19.2 Å². The Hall–Kier alpha value is -2.56. The number of amides is 1. The van der Waals surface area contributed by atoms with Crippen molar-refractivity contribution in [1.29, 1.82) is 0 Å². The van der Waals surface area contributed by atoms with Crippen molar-refractivity contribution in [1.82, 2.24) is 15.3 Å². The molecule has 3 atom stereocenters. The van der Waals surface area contributed by atoms with Crippen molar-refractivity contribution < 1.29 is 33.4 Å². The Balaban J connectivity index is 2.03. The molecular formula is C19H27N3O7S. The van der Waals surface area contributed by atoms with Gasteiger partial charge < -0.3 is 24.5 Å². The number of aromatic amines is 1. The van der Waals surface area contributed by atoms with Crippen LogP contribution in [0.1, 0.15) is 39.8 Å². The fourth-order valence-electron chi connectivity index (χ4n) is 2.51. The van der Waals surface area contributed by atoms with Crippen LogP contribution in [0, 0.1) is 0 Å². The standard InChI is InChI=1S/C19H27N3O7S/c1-11-8-27-18(26)14(6-16(24)28-11)30-9-13(17(25)29-19(2,3)4)22-15(23)5-12-7-20-10-21-12/h7,10-11,13-14H,5-6,8-9H2,1-4H3,(H,20,21)(H,22,23). The lowest BCUT2D eigenvalue weighted by Crippen LogP contribution is -2.47. The van der Waals surface area contributed by atoms with Gasteiger partial charge in [-0.1, -0.05) is 0 Å². The van der Waals surface area contributed by atoms with E-state index in [9.17, 15) is 19.2 Å². The number of aromatic nitrogens is 2. The van der Waals surface area contributed by atoms with Gasteiger partial charge in [-0.3, -0.25) is 14.4 Å². The lowest BCUT2D eigenvalue weighted by atomic mass is 10.2.